The van der Waals surface area contributed by atoms with Crippen LogP contribution in [0.5, 0.6) is 0 Å². The number of rotatable bonds is 2. The lowest BCUT2D eigenvalue weighted by Gasteiger charge is -2.31. The van der Waals surface area contributed by atoms with E-state index in [1.54, 1.807) is 0 Å². The molecule has 2 rings (SSSR count). The van der Waals surface area contributed by atoms with E-state index in [2.05, 4.69) is 0 Å². The molecule has 1 aliphatic carbocycles. The molecular weight excluding hydrogens is 226 g/mol. The molecule has 0 radical (unpaired) electrons. The van der Waals surface area contributed by atoms with Crippen molar-refractivity contribution in [2.75, 3.05) is 0 Å². The molecule has 3 nitrogen and oxygen atoms in total. The van der Waals surface area contributed by atoms with Gasteiger partial charge in [0.25, 0.3) is 0 Å². The van der Waals surface area contributed by atoms with E-state index in [0.717, 1.165) is 5.56 Å². The fourth-order valence-electron chi connectivity index (χ4n) is 2.08. The molecule has 0 heterocycles. The van der Waals surface area contributed by atoms with Crippen molar-refractivity contribution in [1.82, 2.24) is 0 Å². The van der Waals surface area contributed by atoms with Gasteiger partial charge in [-0.3, -0.25) is 10.1 Å². The van der Waals surface area contributed by atoms with Crippen LogP contribution in [-0.4, -0.2) is 11.0 Å². The van der Waals surface area contributed by atoms with Gasteiger partial charge in [-0.15, -0.1) is 11.6 Å². The zero-order valence-corrected chi connectivity index (χ0v) is 9.43. The standard InChI is InChI=1S/C12H12ClNO2/c13-12(10-6-2-1-3-7-10)9-5-4-8-11(12)14(15)16/h1-7,11H,8-9H2. The van der Waals surface area contributed by atoms with Gasteiger partial charge in [-0.25, -0.2) is 0 Å². The minimum Gasteiger partial charge on any atom is -0.264 e. The van der Waals surface area contributed by atoms with E-state index in [0.29, 0.717) is 12.8 Å². The van der Waals surface area contributed by atoms with Gasteiger partial charge in [-0.2, -0.15) is 0 Å². The molecule has 1 aliphatic rings. The zero-order valence-electron chi connectivity index (χ0n) is 8.67. The van der Waals surface area contributed by atoms with E-state index < -0.39 is 10.9 Å². The summed E-state index contributed by atoms with van der Waals surface area (Å²) in [5, 5.41) is 11.0. The maximum absolute atomic E-state index is 11.0. The third kappa shape index (κ3) is 1.83. The largest absolute Gasteiger partial charge is 0.264 e. The Labute approximate surface area is 98.9 Å². The van der Waals surface area contributed by atoms with Gasteiger partial charge in [0, 0.05) is 11.3 Å². The molecule has 0 spiro atoms. The summed E-state index contributed by atoms with van der Waals surface area (Å²) < 4.78 is 0. The van der Waals surface area contributed by atoms with Crippen molar-refractivity contribution in [3.05, 3.63) is 58.2 Å². The third-order valence-corrected chi connectivity index (χ3v) is 3.60. The number of alkyl halides is 1. The summed E-state index contributed by atoms with van der Waals surface area (Å²) in [5.74, 6) is 0. The van der Waals surface area contributed by atoms with Crippen LogP contribution in [0.15, 0.2) is 42.5 Å². The molecule has 4 heteroatoms. The Morgan fingerprint density at radius 3 is 2.62 bits per heavy atom. The van der Waals surface area contributed by atoms with Crippen molar-refractivity contribution in [2.24, 2.45) is 0 Å². The van der Waals surface area contributed by atoms with Gasteiger partial charge in [0.05, 0.1) is 0 Å². The fraction of sp³-hybridized carbons (Fsp3) is 0.333. The van der Waals surface area contributed by atoms with Gasteiger partial charge in [0.1, 0.15) is 4.87 Å². The predicted octanol–water partition coefficient (Wildman–Crippen LogP) is 3.12. The Bertz CT molecular complexity index is 418. The summed E-state index contributed by atoms with van der Waals surface area (Å²) in [6, 6.07) is 8.54. The first-order valence-corrected chi connectivity index (χ1v) is 5.55. The van der Waals surface area contributed by atoms with Crippen LogP contribution in [0.4, 0.5) is 0 Å². The molecule has 0 saturated heterocycles. The van der Waals surface area contributed by atoms with Crippen molar-refractivity contribution < 1.29 is 4.92 Å². The fourth-order valence-corrected chi connectivity index (χ4v) is 2.47. The van der Waals surface area contributed by atoms with E-state index in [4.69, 9.17) is 11.6 Å². The molecule has 0 aromatic heterocycles. The zero-order chi connectivity index (χ0) is 11.6. The molecule has 0 aliphatic heterocycles. The highest BCUT2D eigenvalue weighted by Gasteiger charge is 2.46. The van der Waals surface area contributed by atoms with Gasteiger partial charge >= 0.3 is 0 Å². The Morgan fingerprint density at radius 1 is 1.31 bits per heavy atom. The minimum atomic E-state index is -0.903. The van der Waals surface area contributed by atoms with Crippen molar-refractivity contribution in [2.45, 2.75) is 23.8 Å². The van der Waals surface area contributed by atoms with Crippen LogP contribution in [0.1, 0.15) is 18.4 Å². The number of allylic oxidation sites excluding steroid dienone is 1. The molecule has 0 amide bonds. The second-order valence-electron chi connectivity index (χ2n) is 3.94. The molecule has 0 fully saturated rings. The van der Waals surface area contributed by atoms with Crippen LogP contribution >= 0.6 is 11.6 Å². The lowest BCUT2D eigenvalue weighted by molar-refractivity contribution is -0.530. The summed E-state index contributed by atoms with van der Waals surface area (Å²) in [4.78, 5) is 9.85. The highest BCUT2D eigenvalue weighted by atomic mass is 35.5. The Hall–Kier alpha value is -1.35. The van der Waals surface area contributed by atoms with E-state index in [9.17, 15) is 10.1 Å². The number of hydrogen-bond donors (Lipinski definition) is 0. The molecule has 16 heavy (non-hydrogen) atoms. The van der Waals surface area contributed by atoms with Crippen molar-refractivity contribution in [3.8, 4) is 0 Å². The lowest BCUT2D eigenvalue weighted by Crippen LogP contribution is -2.41. The van der Waals surface area contributed by atoms with E-state index >= 15 is 0 Å². The van der Waals surface area contributed by atoms with E-state index in [-0.39, 0.29) is 4.92 Å². The second-order valence-corrected chi connectivity index (χ2v) is 4.62. The van der Waals surface area contributed by atoms with Gasteiger partial charge in [-0.1, -0.05) is 42.5 Å². The lowest BCUT2D eigenvalue weighted by atomic mass is 9.83. The Kier molecular flexibility index (Phi) is 2.97. The van der Waals surface area contributed by atoms with Gasteiger partial charge < -0.3 is 0 Å². The first-order valence-electron chi connectivity index (χ1n) is 5.17. The predicted molar refractivity (Wildman–Crippen MR) is 63.1 cm³/mol. The van der Waals surface area contributed by atoms with Gasteiger partial charge in [-0.05, 0) is 12.0 Å². The molecular formula is C12H12ClNO2. The van der Waals surface area contributed by atoms with Gasteiger partial charge in [0.2, 0.25) is 6.04 Å². The number of benzene rings is 1. The van der Waals surface area contributed by atoms with Crippen LogP contribution in [0.2, 0.25) is 0 Å². The first-order chi connectivity index (χ1) is 7.64. The number of hydrogen-bond acceptors (Lipinski definition) is 2. The summed E-state index contributed by atoms with van der Waals surface area (Å²) >= 11 is 6.47. The number of halogens is 1. The Morgan fingerprint density at radius 2 is 2.00 bits per heavy atom. The van der Waals surface area contributed by atoms with Crippen LogP contribution in [0.25, 0.3) is 0 Å². The maximum Gasteiger partial charge on any atom is 0.239 e. The summed E-state index contributed by atoms with van der Waals surface area (Å²) in [7, 11) is 0. The molecule has 0 N–H and O–H groups in total. The van der Waals surface area contributed by atoms with Crippen LogP contribution in [0, 0.1) is 10.1 Å². The SMILES string of the molecule is O=[N+]([O-])C1CC=CCC1(Cl)c1ccccc1. The molecule has 0 bridgehead atoms. The quantitative estimate of drug-likeness (QED) is 0.343. The topological polar surface area (TPSA) is 43.1 Å². The maximum atomic E-state index is 11.0. The normalized spacial score (nSPS) is 28.9. The van der Waals surface area contributed by atoms with Crippen molar-refractivity contribution in [3.63, 3.8) is 0 Å². The molecule has 2 atom stereocenters. The molecule has 0 saturated carbocycles. The summed E-state index contributed by atoms with van der Waals surface area (Å²) in [6.07, 6.45) is 4.65. The molecule has 2 unspecified atom stereocenters. The molecule has 84 valence electrons. The van der Waals surface area contributed by atoms with Crippen LogP contribution in [-0.2, 0) is 4.87 Å². The highest BCUT2D eigenvalue weighted by Crippen LogP contribution is 2.41. The first kappa shape index (κ1) is 11.1. The average Bonchev–Trinajstić information content (AvgIpc) is 2.30. The van der Waals surface area contributed by atoms with Crippen LogP contribution < -0.4 is 0 Å². The van der Waals surface area contributed by atoms with Crippen molar-refractivity contribution in [1.29, 1.82) is 0 Å². The van der Waals surface area contributed by atoms with E-state index in [1.165, 1.54) is 0 Å². The monoisotopic (exact) mass is 237 g/mol. The summed E-state index contributed by atoms with van der Waals surface area (Å²) in [6.45, 7) is 0. The number of nitrogens with zero attached hydrogens (tertiary/aromatic N) is 1. The smallest absolute Gasteiger partial charge is 0.239 e. The average molecular weight is 238 g/mol. The third-order valence-electron chi connectivity index (χ3n) is 2.98. The van der Waals surface area contributed by atoms with E-state index in [1.807, 2.05) is 42.5 Å². The molecule has 1 aromatic rings. The molecule has 1 aromatic carbocycles. The Balaban J connectivity index is 2.42. The van der Waals surface area contributed by atoms with Gasteiger partial charge in [0.15, 0.2) is 0 Å². The summed E-state index contributed by atoms with van der Waals surface area (Å²) in [5.41, 5.74) is 0.822. The van der Waals surface area contributed by atoms with Crippen LogP contribution in [0.3, 0.4) is 0 Å². The number of nitro groups is 1. The second kappa shape index (κ2) is 4.26. The van der Waals surface area contributed by atoms with Crippen molar-refractivity contribution >= 4 is 11.6 Å². The minimum absolute atomic E-state index is 0.274. The highest BCUT2D eigenvalue weighted by molar-refractivity contribution is 6.24.